The lowest BCUT2D eigenvalue weighted by molar-refractivity contribution is -0.368. The van der Waals surface area contributed by atoms with Crippen LogP contribution < -0.4 is 50.5 Å². The van der Waals surface area contributed by atoms with E-state index in [1.165, 1.54) is 13.8 Å². The molecule has 5 amide bonds. The number of aliphatic carboxylic acids is 1. The number of carboxylic acid groups (broad SMARTS) is 1. The van der Waals surface area contributed by atoms with Gasteiger partial charge >= 0.3 is 71.9 Å². The zero-order chi connectivity index (χ0) is 94.5. The number of carbonyl (C=O) groups is 18. The van der Waals surface area contributed by atoms with Crippen molar-refractivity contribution in [2.24, 2.45) is 5.73 Å². The molecule has 0 bridgehead atoms. The van der Waals surface area contributed by atoms with E-state index in [1.807, 2.05) is 20.8 Å². The quantitative estimate of drug-likeness (QED) is 0.0174. The number of hydrogen-bond acceptors (Lipinski definition) is 34. The van der Waals surface area contributed by atoms with Crippen molar-refractivity contribution in [2.45, 2.75) is 324 Å². The average molecular weight is 1840 g/mol. The summed E-state index contributed by atoms with van der Waals surface area (Å²) in [6.45, 7) is 35.5. The highest BCUT2D eigenvalue weighted by atomic mass is 35.5. The van der Waals surface area contributed by atoms with Crippen molar-refractivity contribution in [3.8, 4) is 0 Å². The second kappa shape index (κ2) is 72.5. The molecule has 0 aromatic rings. The maximum Gasteiger partial charge on any atom is 0.407 e. The standard InChI is InChI=1S/C26H44N2O10.C20H36N2O8.C15H25ClN2O6.C8H17NO2.C6H10O6.C3H6O2.2ClH.H2N/c1-9-18(30)35-21(17(29)13-11-16-28-24(34)38-26(6,7)8)22(36-19(31)10-2)23(33)27-15-12-14-20(32)37-25(3,4)5;1-19(2,3)29-14(24)10-8-11-21-17(27)16(26)15(25)13(23)9-7-12-22-18(28)30-20(4,5)6;1-3-11(20)23-13(10(19)6-5-8-17)14(24-12(21)4-2)15(22)18-9-7-16;1-8(2,3)11-7(10)5-4-6-9;1-11-5(9)3(7)4(8)6(10)12-2;1-2-3(4)5;;;/h21-22H,9-16H2,1-8H3,(H,27,33)(H,28,34);15-16,25-26H,7-12H2,1-6H3,(H,21,27)(H,22,28);13-14H,3-9,17H2,1-2H3,(H,18,22);4-6,9H2,1-3H3;3-4,7-8H,1-2H3;2H2,1H3,(H,4,5);2*1H;1H2/q;;;;;;;;-1/t21-,22+;15-,16+;13-,14+;;3-,4-;;;;/m000.1..../s1. The molecule has 0 aliphatic heterocycles. The number of hydrogen-bond donors (Lipinski definition) is 12. The summed E-state index contributed by atoms with van der Waals surface area (Å²) in [5.74, 6) is -11.0. The molecule has 0 radical (unpaired) electrons. The molecule has 0 aliphatic carbocycles. The van der Waals surface area contributed by atoms with Gasteiger partial charge in [-0.05, 0) is 143 Å². The number of amides is 5. The van der Waals surface area contributed by atoms with Gasteiger partial charge in [0.2, 0.25) is 24.4 Å². The lowest BCUT2D eigenvalue weighted by Crippen LogP contribution is -3.00. The predicted molar refractivity (Wildman–Crippen MR) is 442 cm³/mol. The Balaban J connectivity index is -0.000000196. The molecule has 42 nitrogen and oxygen atoms in total. The number of nitrogens with one attached hydrogen (secondary N) is 5. The van der Waals surface area contributed by atoms with Gasteiger partial charge in [-0.1, -0.05) is 34.6 Å². The van der Waals surface area contributed by atoms with E-state index in [4.69, 9.17) is 75.3 Å². The Morgan fingerprint density at radius 2 is 0.618 bits per heavy atom. The van der Waals surface area contributed by atoms with Crippen LogP contribution in [-0.2, 0) is 129 Å². The molecule has 123 heavy (non-hydrogen) atoms. The number of nitrogens with two attached hydrogens (primary N) is 2. The Labute approximate surface area is 738 Å². The van der Waals surface area contributed by atoms with E-state index in [9.17, 15) is 96.5 Å². The summed E-state index contributed by atoms with van der Waals surface area (Å²) in [5, 5.41) is 57.4. The Hall–Kier alpha value is -8.75. The van der Waals surface area contributed by atoms with Crippen LogP contribution in [0.3, 0.4) is 0 Å². The van der Waals surface area contributed by atoms with Gasteiger partial charge in [0.05, 0.1) is 20.8 Å². The molecule has 0 heterocycles. The molecule has 0 aromatic carbocycles. The topological polar surface area (TPSA) is 657 Å². The molecule has 45 heteroatoms. The number of carbonyl (C=O) groups excluding carboxylic acids is 17. The lowest BCUT2D eigenvalue weighted by Gasteiger charge is -2.25. The maximum absolute atomic E-state index is 13.0. The molecule has 8 atom stereocenters. The highest BCUT2D eigenvalue weighted by Crippen LogP contribution is 2.18. The smallest absolute Gasteiger partial charge is 0.407 e. The number of ketones is 3. The van der Waals surface area contributed by atoms with E-state index in [0.29, 0.717) is 32.4 Å². The van der Waals surface area contributed by atoms with Crippen molar-refractivity contribution in [1.82, 2.24) is 26.6 Å². The summed E-state index contributed by atoms with van der Waals surface area (Å²) < 4.78 is 54.3. The number of aliphatic hydroxyl groups is 4. The van der Waals surface area contributed by atoms with Crippen LogP contribution in [0.2, 0.25) is 0 Å². The number of Topliss-reactive ketones (excluding diaryl/α,β-unsaturated/α-hetero) is 3. The molecule has 17 N–H and O–H groups in total. The molecule has 0 saturated carbocycles. The van der Waals surface area contributed by atoms with Gasteiger partial charge < -0.3 is 134 Å². The zero-order valence-electron chi connectivity index (χ0n) is 75.4. The number of carboxylic acids is 1. The van der Waals surface area contributed by atoms with Gasteiger partial charge in [-0.3, -0.25) is 67.1 Å². The monoisotopic (exact) mass is 1840 g/mol. The van der Waals surface area contributed by atoms with Crippen LogP contribution >= 0.6 is 24.0 Å². The van der Waals surface area contributed by atoms with Crippen LogP contribution in [0.1, 0.15) is 248 Å². The third kappa shape index (κ3) is 77.8. The van der Waals surface area contributed by atoms with E-state index in [2.05, 4.69) is 41.8 Å². The first kappa shape index (κ1) is 132. The summed E-state index contributed by atoms with van der Waals surface area (Å²) >= 11 is 5.52. The van der Waals surface area contributed by atoms with Gasteiger partial charge in [0.1, 0.15) is 34.1 Å². The number of alkyl carbamates (subject to hydrolysis) is 2. The summed E-state index contributed by atoms with van der Waals surface area (Å²) in [4.78, 5) is 210. The molecule has 0 fully saturated rings. The summed E-state index contributed by atoms with van der Waals surface area (Å²) in [7, 11) is 2.05. The highest BCUT2D eigenvalue weighted by molar-refractivity contribution is 6.18. The number of quaternary nitrogens is 1. The molecule has 0 aromatic heterocycles. The van der Waals surface area contributed by atoms with Crippen molar-refractivity contribution in [2.75, 3.05) is 65.9 Å². The molecular weight excluding hydrogens is 1700 g/mol. The number of ether oxygens (including phenoxy) is 11. The minimum atomic E-state index is -1.92. The van der Waals surface area contributed by atoms with Gasteiger partial charge in [-0.15, -0.1) is 24.0 Å². The molecule has 0 rings (SSSR count). The number of methoxy groups -OCH3 is 2. The van der Waals surface area contributed by atoms with E-state index < -0.39 is 172 Å². The van der Waals surface area contributed by atoms with Crippen molar-refractivity contribution >= 4 is 131 Å². The largest absolute Gasteiger partial charge is 1.00 e. The molecule has 720 valence electrons. The van der Waals surface area contributed by atoms with Crippen LogP contribution in [0, 0.1) is 0 Å². The van der Waals surface area contributed by atoms with Gasteiger partial charge in [-0.25, -0.2) is 19.2 Å². The Morgan fingerprint density at radius 3 is 0.886 bits per heavy atom. The van der Waals surface area contributed by atoms with E-state index >= 15 is 0 Å². The fraction of sp³-hybridized carbons (Fsp3) is 0.769. The van der Waals surface area contributed by atoms with Gasteiger partial charge in [0.15, 0.2) is 35.7 Å². The lowest BCUT2D eigenvalue weighted by atomic mass is 10.0. The van der Waals surface area contributed by atoms with Crippen molar-refractivity contribution in [3.05, 3.63) is 6.15 Å². The minimum Gasteiger partial charge on any atom is -1.00 e. The first-order valence-electron chi connectivity index (χ1n) is 39.2. The second-order valence-corrected chi connectivity index (χ2v) is 30.8. The van der Waals surface area contributed by atoms with Gasteiger partial charge in [0.25, 0.3) is 17.7 Å². The number of aliphatic hydroxyl groups excluding tert-OH is 4. The van der Waals surface area contributed by atoms with Crippen molar-refractivity contribution in [1.29, 1.82) is 0 Å². The van der Waals surface area contributed by atoms with Crippen LogP contribution in [-0.4, -0.2) is 275 Å². The molecule has 0 saturated heterocycles. The SMILES string of the molecule is CC(C)(C)OC(=O)CCCN.CC(C)(C)OC(=O)CCCNC(=O)[C@H](O)[C@@H](O)C(=O)CCCNC(=O)OC(C)(C)C.CCC(=O)O.CCC(=O)O[C@@H](C(=O)CCCNC(=O)OC(C)(C)C)[C@@H](OC(=O)CC)C(=O)NCCCC(=O)OC(C)(C)C.CCC(=O)O[C@@H](C(=O)CCC[NH3+])[C@@H](OC(=O)CC)C(=O)NCCCl.COC(=O)[C@H](O)[C@@H](O)C(=O)OC.Cl.[Cl-].[NH2-]. The number of halogens is 3. The van der Waals surface area contributed by atoms with Crippen molar-refractivity contribution in [3.63, 3.8) is 0 Å². The molecule has 0 spiro atoms. The Morgan fingerprint density at radius 1 is 0.358 bits per heavy atom. The number of alkyl halides is 1. The van der Waals surface area contributed by atoms with Gasteiger partial charge in [0, 0.05) is 116 Å². The normalized spacial score (nSPS) is 12.6. The van der Waals surface area contributed by atoms with E-state index in [1.54, 1.807) is 104 Å². The highest BCUT2D eigenvalue weighted by Gasteiger charge is 2.41. The van der Waals surface area contributed by atoms with Gasteiger partial charge in [-0.2, -0.15) is 0 Å². The van der Waals surface area contributed by atoms with Crippen LogP contribution in [0.15, 0.2) is 0 Å². The predicted octanol–water partition coefficient (Wildman–Crippen LogP) is 0.884. The van der Waals surface area contributed by atoms with E-state index in [0.717, 1.165) is 14.2 Å². The number of rotatable bonds is 45. The maximum atomic E-state index is 13.0. The molecule has 0 unspecified atom stereocenters. The average Bonchev–Trinajstić information content (AvgIpc) is 0.849. The van der Waals surface area contributed by atoms with Crippen molar-refractivity contribution < 1.29 is 182 Å². The summed E-state index contributed by atoms with van der Waals surface area (Å²) in [6.07, 6.45) is -12.8. The second-order valence-electron chi connectivity index (χ2n) is 30.5. The summed E-state index contributed by atoms with van der Waals surface area (Å²) in [6, 6.07) is 0. The minimum absolute atomic E-state index is 0. The fourth-order valence-corrected chi connectivity index (χ4v) is 7.97. The zero-order valence-corrected chi connectivity index (χ0v) is 77.7. The third-order valence-corrected chi connectivity index (χ3v) is 13.6. The number of esters is 9. The first-order valence-corrected chi connectivity index (χ1v) is 39.8. The fourth-order valence-electron chi connectivity index (χ4n) is 7.87. The molecule has 0 aliphatic rings. The Bertz CT molecular complexity index is 2970. The Kier molecular flexibility index (Phi) is 78.0. The summed E-state index contributed by atoms with van der Waals surface area (Å²) in [5.41, 5.74) is 5.94. The van der Waals surface area contributed by atoms with E-state index in [-0.39, 0.29) is 171 Å². The third-order valence-electron chi connectivity index (χ3n) is 13.4. The van der Waals surface area contributed by atoms with Crippen LogP contribution in [0.4, 0.5) is 9.59 Å². The molecular formula is C78H142Cl3N8O34-. The van der Waals surface area contributed by atoms with Crippen LogP contribution in [0.25, 0.3) is 6.15 Å². The van der Waals surface area contributed by atoms with Crippen LogP contribution in [0.5, 0.6) is 0 Å². The first-order chi connectivity index (χ1) is 55.3.